The molecule has 0 aliphatic heterocycles. The first-order valence-corrected chi connectivity index (χ1v) is 9.89. The second kappa shape index (κ2) is 10.2. The molecule has 1 unspecified atom stereocenters. The Labute approximate surface area is 131 Å². The number of nitrogens with two attached hydrogens (primary N) is 1. The van der Waals surface area contributed by atoms with Gasteiger partial charge in [0.05, 0.1) is 18.9 Å². The summed E-state index contributed by atoms with van der Waals surface area (Å²) in [6.07, 6.45) is 4.16. The van der Waals surface area contributed by atoms with Gasteiger partial charge in [0.25, 0.3) is 0 Å². The Morgan fingerprint density at radius 1 is 1.32 bits per heavy atom. The van der Waals surface area contributed by atoms with Crippen LogP contribution in [0.2, 0.25) is 0 Å². The van der Waals surface area contributed by atoms with Crippen LogP contribution < -0.4 is 5.73 Å². The van der Waals surface area contributed by atoms with Gasteiger partial charge in [0, 0.05) is 12.7 Å². The van der Waals surface area contributed by atoms with Crippen molar-refractivity contribution >= 4 is 13.5 Å². The quantitative estimate of drug-likeness (QED) is 0.377. The van der Waals surface area contributed by atoms with Crippen molar-refractivity contribution in [3.05, 3.63) is 0 Å². The van der Waals surface area contributed by atoms with Crippen LogP contribution in [0.3, 0.4) is 0 Å². The zero-order chi connectivity index (χ0) is 16.4. The summed E-state index contributed by atoms with van der Waals surface area (Å²) in [7, 11) is -3.10. The number of hydrogen-bond acceptors (Lipinski definition) is 7. The van der Waals surface area contributed by atoms with E-state index in [9.17, 15) is 14.5 Å². The molecule has 0 aromatic rings. The molecule has 22 heavy (non-hydrogen) atoms. The van der Waals surface area contributed by atoms with Crippen molar-refractivity contribution in [3.8, 4) is 0 Å². The van der Waals surface area contributed by atoms with E-state index in [1.54, 1.807) is 6.92 Å². The van der Waals surface area contributed by atoms with Crippen molar-refractivity contribution in [2.45, 2.75) is 45.1 Å². The molecule has 0 radical (unpaired) electrons. The third kappa shape index (κ3) is 7.58. The van der Waals surface area contributed by atoms with Crippen LogP contribution in [0.1, 0.15) is 39.0 Å². The van der Waals surface area contributed by atoms with E-state index in [-0.39, 0.29) is 19.3 Å². The Balaban J connectivity index is 2.53. The number of ether oxygens (including phenoxy) is 2. The smallest absolute Gasteiger partial charge is 0.435 e. The molecular formula is C14H28NO6P. The Morgan fingerprint density at radius 3 is 2.59 bits per heavy atom. The van der Waals surface area contributed by atoms with Crippen molar-refractivity contribution in [2.75, 3.05) is 32.3 Å². The molecule has 0 aromatic heterocycles. The molecule has 1 rings (SSSR count). The topological polar surface area (TPSA) is 108 Å². The SMILES string of the molecule is CCOC(=O)OCOP(=O)(CC1CCCCC1)C[C@@H](O)CN. The summed E-state index contributed by atoms with van der Waals surface area (Å²) in [4.78, 5) is 11.1. The highest BCUT2D eigenvalue weighted by molar-refractivity contribution is 7.59. The number of aliphatic hydroxyl groups is 1. The van der Waals surface area contributed by atoms with E-state index in [0.717, 1.165) is 25.7 Å². The summed E-state index contributed by atoms with van der Waals surface area (Å²) in [5.74, 6) is 0.326. The van der Waals surface area contributed by atoms with Crippen molar-refractivity contribution in [3.63, 3.8) is 0 Å². The minimum Gasteiger partial charge on any atom is -0.435 e. The predicted octanol–water partition coefficient (Wildman–Crippen LogP) is 2.31. The summed E-state index contributed by atoms with van der Waals surface area (Å²) in [5.41, 5.74) is 5.40. The maximum Gasteiger partial charge on any atom is 0.510 e. The molecule has 0 aromatic carbocycles. The average Bonchev–Trinajstić information content (AvgIpc) is 2.48. The Kier molecular flexibility index (Phi) is 9.02. The first kappa shape index (κ1) is 19.4. The number of hydrogen-bond donors (Lipinski definition) is 2. The molecule has 7 nitrogen and oxygen atoms in total. The van der Waals surface area contributed by atoms with E-state index < -0.39 is 26.4 Å². The van der Waals surface area contributed by atoms with Gasteiger partial charge in [-0.15, -0.1) is 0 Å². The van der Waals surface area contributed by atoms with E-state index in [0.29, 0.717) is 12.1 Å². The second-order valence-corrected chi connectivity index (χ2v) is 8.27. The van der Waals surface area contributed by atoms with Crippen LogP contribution in [0.5, 0.6) is 0 Å². The number of rotatable bonds is 9. The molecule has 1 aliphatic carbocycles. The summed E-state index contributed by atoms with van der Waals surface area (Å²) in [6, 6.07) is 0. The zero-order valence-corrected chi connectivity index (χ0v) is 14.1. The van der Waals surface area contributed by atoms with E-state index in [1.165, 1.54) is 6.42 Å². The van der Waals surface area contributed by atoms with Gasteiger partial charge in [-0.1, -0.05) is 19.3 Å². The normalized spacial score (nSPS) is 20.1. The zero-order valence-electron chi connectivity index (χ0n) is 13.2. The number of aliphatic hydroxyl groups excluding tert-OH is 1. The van der Waals surface area contributed by atoms with E-state index >= 15 is 0 Å². The average molecular weight is 337 g/mol. The fourth-order valence-electron chi connectivity index (χ4n) is 2.67. The lowest BCUT2D eigenvalue weighted by molar-refractivity contribution is 0.00728. The summed E-state index contributed by atoms with van der Waals surface area (Å²) < 4.78 is 27.6. The molecule has 130 valence electrons. The minimum atomic E-state index is -3.10. The molecule has 0 heterocycles. The van der Waals surface area contributed by atoms with Crippen molar-refractivity contribution in [1.82, 2.24) is 0 Å². The maximum atomic E-state index is 12.9. The van der Waals surface area contributed by atoms with Crippen LogP contribution >= 0.6 is 7.37 Å². The Hall–Kier alpha value is -0.620. The summed E-state index contributed by atoms with van der Waals surface area (Å²) >= 11 is 0. The van der Waals surface area contributed by atoms with Gasteiger partial charge in [-0.3, -0.25) is 9.09 Å². The largest absolute Gasteiger partial charge is 0.510 e. The monoisotopic (exact) mass is 337 g/mol. The fourth-order valence-corrected chi connectivity index (χ4v) is 5.22. The Morgan fingerprint density at radius 2 is 2.00 bits per heavy atom. The van der Waals surface area contributed by atoms with Gasteiger partial charge in [0.1, 0.15) is 0 Å². The van der Waals surface area contributed by atoms with E-state index in [1.807, 2.05) is 0 Å². The van der Waals surface area contributed by atoms with Crippen LogP contribution in [-0.2, 0) is 18.6 Å². The van der Waals surface area contributed by atoms with E-state index in [4.69, 9.17) is 15.0 Å². The first-order valence-electron chi connectivity index (χ1n) is 7.89. The number of carbonyl (C=O) groups excluding carboxylic acids is 1. The van der Waals surface area contributed by atoms with Gasteiger partial charge in [-0.2, -0.15) is 0 Å². The van der Waals surface area contributed by atoms with Crippen LogP contribution in [-0.4, -0.2) is 49.6 Å². The van der Waals surface area contributed by atoms with Crippen LogP contribution in [0.4, 0.5) is 4.79 Å². The molecule has 1 fully saturated rings. The molecule has 2 atom stereocenters. The van der Waals surface area contributed by atoms with Gasteiger partial charge < -0.3 is 20.3 Å². The molecule has 3 N–H and O–H groups in total. The molecule has 0 spiro atoms. The molecule has 0 saturated heterocycles. The van der Waals surface area contributed by atoms with E-state index in [2.05, 4.69) is 4.74 Å². The van der Waals surface area contributed by atoms with Crippen LogP contribution in [0.15, 0.2) is 0 Å². The molecule has 8 heteroatoms. The second-order valence-electron chi connectivity index (χ2n) is 5.65. The molecular weight excluding hydrogens is 309 g/mol. The van der Waals surface area contributed by atoms with Crippen molar-refractivity contribution < 1.29 is 28.5 Å². The third-order valence-electron chi connectivity index (χ3n) is 3.75. The van der Waals surface area contributed by atoms with Gasteiger partial charge in [0.15, 0.2) is 0 Å². The maximum absolute atomic E-state index is 12.9. The lowest BCUT2D eigenvalue weighted by atomic mass is 9.91. The van der Waals surface area contributed by atoms with Crippen molar-refractivity contribution in [1.29, 1.82) is 0 Å². The van der Waals surface area contributed by atoms with Gasteiger partial charge in [-0.05, 0) is 25.7 Å². The standard InChI is InChI=1S/C14H28NO6P/c1-2-19-14(17)20-11-21-22(18,10-13(16)8-15)9-12-6-4-3-5-7-12/h12-13,16H,2-11,15H2,1H3/t13-,22?/m0/s1. The summed E-state index contributed by atoms with van der Waals surface area (Å²) in [6.45, 7) is 1.45. The Bertz CT molecular complexity index is 372. The highest BCUT2D eigenvalue weighted by atomic mass is 31.2. The third-order valence-corrected chi connectivity index (χ3v) is 6.38. The lowest BCUT2D eigenvalue weighted by Crippen LogP contribution is -2.26. The van der Waals surface area contributed by atoms with Gasteiger partial charge >= 0.3 is 6.16 Å². The molecule has 0 amide bonds. The fraction of sp³-hybridized carbons (Fsp3) is 0.929. The highest BCUT2D eigenvalue weighted by Crippen LogP contribution is 2.51. The van der Waals surface area contributed by atoms with Crippen LogP contribution in [0, 0.1) is 5.92 Å². The lowest BCUT2D eigenvalue weighted by Gasteiger charge is -2.27. The van der Waals surface area contributed by atoms with Gasteiger partial charge in [-0.25, -0.2) is 4.79 Å². The van der Waals surface area contributed by atoms with Crippen molar-refractivity contribution in [2.24, 2.45) is 11.7 Å². The number of carbonyl (C=O) groups is 1. The van der Waals surface area contributed by atoms with Gasteiger partial charge in [0.2, 0.25) is 14.2 Å². The summed E-state index contributed by atoms with van der Waals surface area (Å²) in [5, 5.41) is 9.71. The first-order chi connectivity index (χ1) is 10.5. The minimum absolute atomic E-state index is 0.00775. The predicted molar refractivity (Wildman–Crippen MR) is 83.0 cm³/mol. The molecule has 1 aliphatic rings. The molecule has 1 saturated carbocycles. The molecule has 0 bridgehead atoms. The highest BCUT2D eigenvalue weighted by Gasteiger charge is 2.31. The van der Waals surface area contributed by atoms with Crippen LogP contribution in [0.25, 0.3) is 0 Å².